The Morgan fingerprint density at radius 1 is 1.12 bits per heavy atom. The number of carbonyl (C=O) groups is 2. The third kappa shape index (κ3) is 3.79. The number of morpholine rings is 1. The maximum absolute atomic E-state index is 13.9. The zero-order valence-corrected chi connectivity index (χ0v) is 19.9. The molecule has 34 heavy (non-hydrogen) atoms. The van der Waals surface area contributed by atoms with Crippen molar-refractivity contribution >= 4 is 29.1 Å². The fraction of sp³-hybridized carbons (Fsp3) is 0.440. The van der Waals surface area contributed by atoms with Crippen LogP contribution in [0.2, 0.25) is 0 Å². The van der Waals surface area contributed by atoms with Crippen LogP contribution >= 0.6 is 0 Å². The van der Waals surface area contributed by atoms with E-state index < -0.39 is 11.5 Å². The van der Waals surface area contributed by atoms with Crippen molar-refractivity contribution < 1.29 is 19.1 Å². The van der Waals surface area contributed by atoms with Crippen molar-refractivity contribution in [3.63, 3.8) is 0 Å². The van der Waals surface area contributed by atoms with Crippen LogP contribution in [0.3, 0.4) is 0 Å². The van der Waals surface area contributed by atoms with E-state index in [-0.39, 0.29) is 11.9 Å². The highest BCUT2D eigenvalue weighted by Crippen LogP contribution is 2.39. The van der Waals surface area contributed by atoms with E-state index in [9.17, 15) is 9.59 Å². The number of anilines is 2. The van der Waals surface area contributed by atoms with Crippen LogP contribution in [0.5, 0.6) is 5.75 Å². The second kappa shape index (κ2) is 8.39. The SMILES string of the molecule is COc1ccc(CN2C(=O)N3C(=NC(=O)C3C(C)(C)C)c3ncc(N4CCOCC4)cc32)cc1. The first-order chi connectivity index (χ1) is 16.3. The van der Waals surface area contributed by atoms with Crippen molar-refractivity contribution in [1.82, 2.24) is 9.88 Å². The van der Waals surface area contributed by atoms with E-state index >= 15 is 0 Å². The van der Waals surface area contributed by atoms with Gasteiger partial charge in [0.2, 0.25) is 0 Å². The smallest absolute Gasteiger partial charge is 0.331 e. The van der Waals surface area contributed by atoms with E-state index in [2.05, 4.69) is 9.89 Å². The van der Waals surface area contributed by atoms with Crippen LogP contribution in [0.15, 0.2) is 41.5 Å². The largest absolute Gasteiger partial charge is 0.497 e. The first-order valence-electron chi connectivity index (χ1n) is 11.5. The number of pyridine rings is 1. The third-order valence-corrected chi connectivity index (χ3v) is 6.43. The highest BCUT2D eigenvalue weighted by Gasteiger charge is 2.51. The van der Waals surface area contributed by atoms with E-state index in [1.54, 1.807) is 18.2 Å². The average Bonchev–Trinajstić information content (AvgIpc) is 3.20. The second-order valence-corrected chi connectivity index (χ2v) is 9.79. The molecule has 0 saturated carbocycles. The number of aromatic nitrogens is 1. The van der Waals surface area contributed by atoms with Gasteiger partial charge >= 0.3 is 6.03 Å². The van der Waals surface area contributed by atoms with E-state index in [1.807, 2.05) is 51.1 Å². The Balaban J connectivity index is 1.59. The number of hydrogen-bond acceptors (Lipinski definition) is 6. The number of hydrogen-bond donors (Lipinski definition) is 0. The first-order valence-corrected chi connectivity index (χ1v) is 11.5. The molecule has 0 aliphatic carbocycles. The molecule has 3 amide bonds. The van der Waals surface area contributed by atoms with Gasteiger partial charge in [0.05, 0.1) is 44.4 Å². The lowest BCUT2D eigenvalue weighted by atomic mass is 9.85. The minimum absolute atomic E-state index is 0.270. The summed E-state index contributed by atoms with van der Waals surface area (Å²) in [5, 5.41) is 0. The first kappa shape index (κ1) is 22.3. The van der Waals surface area contributed by atoms with E-state index in [1.165, 1.54) is 4.90 Å². The van der Waals surface area contributed by atoms with Crippen molar-refractivity contribution in [1.29, 1.82) is 0 Å². The van der Waals surface area contributed by atoms with E-state index in [4.69, 9.17) is 14.5 Å². The van der Waals surface area contributed by atoms with Gasteiger partial charge in [-0.2, -0.15) is 4.99 Å². The number of methoxy groups -OCH3 is 1. The molecule has 3 aliphatic rings. The molecule has 9 nitrogen and oxygen atoms in total. The summed E-state index contributed by atoms with van der Waals surface area (Å²) in [7, 11) is 1.62. The van der Waals surface area contributed by atoms with Gasteiger partial charge in [-0.05, 0) is 29.2 Å². The van der Waals surface area contributed by atoms with Crippen LogP contribution in [0.25, 0.3) is 0 Å². The molecule has 1 fully saturated rings. The number of rotatable bonds is 4. The molecule has 178 valence electrons. The molecule has 0 bridgehead atoms. The molecule has 0 spiro atoms. The number of aliphatic imine (C=N–C) groups is 1. The summed E-state index contributed by atoms with van der Waals surface area (Å²) in [5.41, 5.74) is 2.58. The fourth-order valence-electron chi connectivity index (χ4n) is 4.69. The standard InChI is InChI=1S/C25H29N5O4/c1-25(2,3)21-23(31)27-22-20-19(13-17(14-26-20)28-9-11-34-12-10-28)29(24(32)30(21)22)15-16-5-7-18(33-4)8-6-16/h5-8,13-14,21H,9-12,15H2,1-4H3. The quantitative estimate of drug-likeness (QED) is 0.693. The van der Waals surface area contributed by atoms with Crippen LogP contribution in [-0.4, -0.2) is 67.1 Å². The van der Waals surface area contributed by atoms with Crippen LogP contribution in [0, 0.1) is 5.41 Å². The average molecular weight is 464 g/mol. The predicted molar refractivity (Wildman–Crippen MR) is 128 cm³/mol. The molecule has 4 heterocycles. The number of ether oxygens (including phenoxy) is 2. The van der Waals surface area contributed by atoms with Crippen molar-refractivity contribution in [2.45, 2.75) is 33.4 Å². The van der Waals surface area contributed by atoms with Gasteiger partial charge in [0.1, 0.15) is 17.5 Å². The monoisotopic (exact) mass is 463 g/mol. The summed E-state index contributed by atoms with van der Waals surface area (Å²) in [6.45, 7) is 8.97. The van der Waals surface area contributed by atoms with Gasteiger partial charge < -0.3 is 14.4 Å². The Morgan fingerprint density at radius 2 is 1.82 bits per heavy atom. The van der Waals surface area contributed by atoms with Gasteiger partial charge in [0.25, 0.3) is 5.91 Å². The van der Waals surface area contributed by atoms with Crippen molar-refractivity contribution in [2.24, 2.45) is 10.4 Å². The minimum Gasteiger partial charge on any atom is -0.497 e. The number of urea groups is 1. The summed E-state index contributed by atoms with van der Waals surface area (Å²) in [6, 6.07) is 8.64. The third-order valence-electron chi connectivity index (χ3n) is 6.43. The zero-order chi connectivity index (χ0) is 24.0. The number of nitrogens with zero attached hydrogens (tertiary/aromatic N) is 5. The molecule has 1 unspecified atom stereocenters. The van der Waals surface area contributed by atoms with Crippen LogP contribution < -0.4 is 14.5 Å². The molecule has 1 aromatic heterocycles. The Kier molecular flexibility index (Phi) is 5.51. The predicted octanol–water partition coefficient (Wildman–Crippen LogP) is 3.07. The summed E-state index contributed by atoms with van der Waals surface area (Å²) in [4.78, 5) is 41.3. The van der Waals surface area contributed by atoms with Gasteiger partial charge in [-0.1, -0.05) is 32.9 Å². The van der Waals surface area contributed by atoms with Crippen LogP contribution in [-0.2, 0) is 16.1 Å². The lowest BCUT2D eigenvalue weighted by molar-refractivity contribution is -0.122. The molecule has 0 radical (unpaired) electrons. The van der Waals surface area contributed by atoms with Gasteiger partial charge in [0.15, 0.2) is 5.84 Å². The molecular weight excluding hydrogens is 434 g/mol. The van der Waals surface area contributed by atoms with Crippen molar-refractivity contribution in [2.75, 3.05) is 43.2 Å². The number of amidine groups is 1. The zero-order valence-electron chi connectivity index (χ0n) is 19.9. The van der Waals surface area contributed by atoms with Gasteiger partial charge in [0, 0.05) is 13.1 Å². The number of fused-ring (bicyclic) bond motifs is 3. The normalized spacial score (nSPS) is 20.3. The Morgan fingerprint density at radius 3 is 2.47 bits per heavy atom. The summed E-state index contributed by atoms with van der Waals surface area (Å²) in [6.07, 6.45) is 1.79. The highest BCUT2D eigenvalue weighted by atomic mass is 16.5. The van der Waals surface area contributed by atoms with Crippen LogP contribution in [0.4, 0.5) is 16.2 Å². The molecular formula is C25H29N5O4. The maximum atomic E-state index is 13.9. The van der Waals surface area contributed by atoms with Gasteiger partial charge in [-0.3, -0.25) is 14.6 Å². The lowest BCUT2D eigenvalue weighted by Crippen LogP contribution is -2.57. The summed E-state index contributed by atoms with van der Waals surface area (Å²) < 4.78 is 10.8. The molecule has 1 aromatic carbocycles. The number of carbonyl (C=O) groups excluding carboxylic acids is 2. The fourth-order valence-corrected chi connectivity index (χ4v) is 4.69. The molecule has 9 heteroatoms. The van der Waals surface area contributed by atoms with Crippen LogP contribution in [0.1, 0.15) is 32.0 Å². The Hall–Kier alpha value is -3.46. The van der Waals surface area contributed by atoms with E-state index in [0.29, 0.717) is 37.0 Å². The molecule has 5 rings (SSSR count). The van der Waals surface area contributed by atoms with Crippen molar-refractivity contribution in [3.05, 3.63) is 47.8 Å². The molecule has 3 aliphatic heterocycles. The highest BCUT2D eigenvalue weighted by molar-refractivity contribution is 6.25. The Labute approximate surface area is 199 Å². The number of amides is 3. The number of benzene rings is 1. The maximum Gasteiger partial charge on any atom is 0.331 e. The van der Waals surface area contributed by atoms with Gasteiger partial charge in [-0.15, -0.1) is 0 Å². The topological polar surface area (TPSA) is 87.6 Å². The lowest BCUT2D eigenvalue weighted by Gasteiger charge is -2.41. The molecule has 1 saturated heterocycles. The van der Waals surface area contributed by atoms with Gasteiger partial charge in [-0.25, -0.2) is 9.78 Å². The van der Waals surface area contributed by atoms with Crippen molar-refractivity contribution in [3.8, 4) is 5.75 Å². The summed E-state index contributed by atoms with van der Waals surface area (Å²) >= 11 is 0. The molecule has 0 N–H and O–H groups in total. The van der Waals surface area contributed by atoms with E-state index in [0.717, 1.165) is 30.1 Å². The molecule has 1 atom stereocenters. The Bertz CT molecular complexity index is 1150. The minimum atomic E-state index is -0.678. The molecule has 2 aromatic rings. The second-order valence-electron chi connectivity index (χ2n) is 9.79. The summed E-state index contributed by atoms with van der Waals surface area (Å²) in [5.74, 6) is 0.773.